The zero-order chi connectivity index (χ0) is 24.3. The van der Waals surface area contributed by atoms with E-state index in [0.717, 1.165) is 11.3 Å². The monoisotopic (exact) mass is 514 g/mol. The van der Waals surface area contributed by atoms with E-state index in [1.807, 2.05) is 0 Å². The number of amides is 1. The van der Waals surface area contributed by atoms with Crippen molar-refractivity contribution in [2.24, 2.45) is 0 Å². The van der Waals surface area contributed by atoms with Gasteiger partial charge in [0.2, 0.25) is 0 Å². The van der Waals surface area contributed by atoms with Crippen molar-refractivity contribution >= 4 is 55.4 Å². The Kier molecular flexibility index (Phi) is 6.59. The van der Waals surface area contributed by atoms with Gasteiger partial charge in [0.15, 0.2) is 5.13 Å². The highest BCUT2D eigenvalue weighted by Crippen LogP contribution is 2.32. The van der Waals surface area contributed by atoms with E-state index < -0.39 is 20.9 Å². The third-order valence-corrected chi connectivity index (χ3v) is 7.01. The molecule has 0 spiro atoms. The summed E-state index contributed by atoms with van der Waals surface area (Å²) in [7, 11) is -3.88. The SMILES string of the molecule is O=C(Nc1nc(-c2ccccc2NS(=O)(=O)c2ccc(Cl)cc2)cs1)c1cccc([N+](=O)[O-])c1. The fourth-order valence-electron chi connectivity index (χ4n) is 3.00. The molecule has 2 N–H and O–H groups in total. The van der Waals surface area contributed by atoms with E-state index in [9.17, 15) is 23.3 Å². The number of benzene rings is 3. The van der Waals surface area contributed by atoms with Gasteiger partial charge in [-0.25, -0.2) is 13.4 Å². The van der Waals surface area contributed by atoms with Gasteiger partial charge in [-0.3, -0.25) is 24.9 Å². The van der Waals surface area contributed by atoms with Gasteiger partial charge in [0.05, 0.1) is 21.2 Å². The van der Waals surface area contributed by atoms with Crippen LogP contribution in [0.4, 0.5) is 16.5 Å². The summed E-state index contributed by atoms with van der Waals surface area (Å²) in [6, 6.07) is 17.8. The third-order valence-electron chi connectivity index (χ3n) is 4.62. The highest BCUT2D eigenvalue weighted by atomic mass is 35.5. The molecule has 1 aromatic heterocycles. The number of halogens is 1. The molecule has 12 heteroatoms. The lowest BCUT2D eigenvalue weighted by Gasteiger charge is -2.11. The first-order chi connectivity index (χ1) is 16.2. The van der Waals surface area contributed by atoms with E-state index >= 15 is 0 Å². The standard InChI is InChI=1S/C22H15ClN4O5S2/c23-15-8-10-17(11-9-15)34(31,32)26-19-7-2-1-6-18(19)20-13-33-22(24-20)25-21(28)14-4-3-5-16(12-14)27(29)30/h1-13,26H,(H,24,25,28). The topological polar surface area (TPSA) is 131 Å². The quantitative estimate of drug-likeness (QED) is 0.250. The maximum absolute atomic E-state index is 12.8. The number of hydrogen-bond donors (Lipinski definition) is 2. The van der Waals surface area contributed by atoms with Gasteiger partial charge in [-0.2, -0.15) is 0 Å². The number of carbonyl (C=O) groups is 1. The van der Waals surface area contributed by atoms with Crippen LogP contribution < -0.4 is 10.0 Å². The zero-order valence-corrected chi connectivity index (χ0v) is 19.5. The molecule has 1 amide bonds. The molecule has 0 saturated heterocycles. The fourth-order valence-corrected chi connectivity index (χ4v) is 4.91. The van der Waals surface area contributed by atoms with Crippen LogP contribution in [0.15, 0.2) is 83.1 Å². The summed E-state index contributed by atoms with van der Waals surface area (Å²) in [6.45, 7) is 0. The van der Waals surface area contributed by atoms with Crippen LogP contribution in [0, 0.1) is 10.1 Å². The Labute approximate surface area is 203 Å². The highest BCUT2D eigenvalue weighted by Gasteiger charge is 2.18. The summed E-state index contributed by atoms with van der Waals surface area (Å²) in [6.07, 6.45) is 0. The number of nitrogens with one attached hydrogen (secondary N) is 2. The number of sulfonamides is 1. The molecule has 0 aliphatic carbocycles. The molecule has 0 unspecified atom stereocenters. The Bertz CT molecular complexity index is 1490. The van der Waals surface area contributed by atoms with Crippen LogP contribution in [0.2, 0.25) is 5.02 Å². The first kappa shape index (κ1) is 23.4. The molecule has 0 aliphatic rings. The molecular formula is C22H15ClN4O5S2. The van der Waals surface area contributed by atoms with Crippen LogP contribution in [-0.4, -0.2) is 24.2 Å². The number of thiazole rings is 1. The maximum Gasteiger partial charge on any atom is 0.270 e. The molecule has 9 nitrogen and oxygen atoms in total. The maximum atomic E-state index is 12.8. The van der Waals surface area contributed by atoms with E-state index in [2.05, 4.69) is 15.0 Å². The lowest BCUT2D eigenvalue weighted by Crippen LogP contribution is -2.13. The van der Waals surface area contributed by atoms with Gasteiger partial charge in [-0.05, 0) is 36.4 Å². The normalized spacial score (nSPS) is 11.1. The largest absolute Gasteiger partial charge is 0.298 e. The summed E-state index contributed by atoms with van der Waals surface area (Å²) < 4.78 is 28.2. The first-order valence-electron chi connectivity index (χ1n) is 9.62. The molecule has 0 radical (unpaired) electrons. The number of hydrogen-bond acceptors (Lipinski definition) is 7. The molecule has 4 rings (SSSR count). The average molecular weight is 515 g/mol. The number of anilines is 2. The lowest BCUT2D eigenvalue weighted by atomic mass is 10.1. The number of aromatic nitrogens is 1. The number of carbonyl (C=O) groups excluding carboxylic acids is 1. The number of nitrogens with zero attached hydrogens (tertiary/aromatic N) is 2. The molecule has 0 saturated carbocycles. The summed E-state index contributed by atoms with van der Waals surface area (Å²) >= 11 is 6.98. The van der Waals surface area contributed by atoms with Gasteiger partial charge in [0.25, 0.3) is 21.6 Å². The molecule has 34 heavy (non-hydrogen) atoms. The Hall–Kier alpha value is -3.80. The van der Waals surface area contributed by atoms with Crippen molar-refractivity contribution in [3.05, 3.63) is 98.9 Å². The highest BCUT2D eigenvalue weighted by molar-refractivity contribution is 7.92. The molecule has 3 aromatic carbocycles. The second-order valence-corrected chi connectivity index (χ2v) is 9.88. The fraction of sp³-hybridized carbons (Fsp3) is 0. The smallest absolute Gasteiger partial charge is 0.270 e. The van der Waals surface area contributed by atoms with E-state index in [1.54, 1.807) is 29.6 Å². The van der Waals surface area contributed by atoms with Crippen LogP contribution in [0.25, 0.3) is 11.3 Å². The zero-order valence-electron chi connectivity index (χ0n) is 17.1. The minimum Gasteiger partial charge on any atom is -0.298 e. The molecule has 4 aromatic rings. The number of nitro benzene ring substituents is 1. The van der Waals surface area contributed by atoms with E-state index in [1.165, 1.54) is 48.5 Å². The second kappa shape index (κ2) is 9.59. The summed E-state index contributed by atoms with van der Waals surface area (Å²) in [5.41, 5.74) is 1.16. The molecule has 0 bridgehead atoms. The Balaban J connectivity index is 1.56. The Morgan fingerprint density at radius 1 is 1.03 bits per heavy atom. The molecule has 1 heterocycles. The molecule has 0 atom stereocenters. The van der Waals surface area contributed by atoms with Crippen LogP contribution in [0.1, 0.15) is 10.4 Å². The van der Waals surface area contributed by atoms with Gasteiger partial charge in [0, 0.05) is 33.7 Å². The van der Waals surface area contributed by atoms with Crippen molar-refractivity contribution in [1.82, 2.24) is 4.98 Å². The van der Waals surface area contributed by atoms with Crippen LogP contribution in [-0.2, 0) is 10.0 Å². The van der Waals surface area contributed by atoms with Crippen LogP contribution in [0.3, 0.4) is 0 Å². The minimum atomic E-state index is -3.88. The Morgan fingerprint density at radius 2 is 1.76 bits per heavy atom. The average Bonchev–Trinajstić information content (AvgIpc) is 3.27. The molecule has 0 fully saturated rings. The molecule has 172 valence electrons. The van der Waals surface area contributed by atoms with E-state index in [4.69, 9.17) is 11.6 Å². The van der Waals surface area contributed by atoms with Gasteiger partial charge < -0.3 is 0 Å². The van der Waals surface area contributed by atoms with Gasteiger partial charge in [-0.1, -0.05) is 35.9 Å². The number of non-ortho nitro benzene ring substituents is 1. The van der Waals surface area contributed by atoms with Crippen molar-refractivity contribution in [2.75, 3.05) is 10.0 Å². The van der Waals surface area contributed by atoms with Crippen molar-refractivity contribution < 1.29 is 18.1 Å². The van der Waals surface area contributed by atoms with Gasteiger partial charge >= 0.3 is 0 Å². The van der Waals surface area contributed by atoms with Crippen molar-refractivity contribution in [3.63, 3.8) is 0 Å². The number of rotatable bonds is 7. The van der Waals surface area contributed by atoms with Crippen molar-refractivity contribution in [2.45, 2.75) is 4.90 Å². The predicted molar refractivity (Wildman–Crippen MR) is 131 cm³/mol. The van der Waals surface area contributed by atoms with Crippen molar-refractivity contribution in [3.8, 4) is 11.3 Å². The predicted octanol–water partition coefficient (Wildman–Crippen LogP) is 5.42. The van der Waals surface area contributed by atoms with Gasteiger partial charge in [-0.15, -0.1) is 11.3 Å². The minimum absolute atomic E-state index is 0.0508. The number of nitro groups is 1. The molecule has 0 aliphatic heterocycles. The number of para-hydroxylation sites is 1. The summed E-state index contributed by atoms with van der Waals surface area (Å²) in [4.78, 5) is 27.3. The van der Waals surface area contributed by atoms with Gasteiger partial charge in [0.1, 0.15) is 0 Å². The summed E-state index contributed by atoms with van der Waals surface area (Å²) in [5.74, 6) is -0.554. The summed E-state index contributed by atoms with van der Waals surface area (Å²) in [5, 5.41) is 15.9. The second-order valence-electron chi connectivity index (χ2n) is 6.90. The van der Waals surface area contributed by atoms with E-state index in [-0.39, 0.29) is 21.3 Å². The Morgan fingerprint density at radius 3 is 2.50 bits per heavy atom. The molecular weight excluding hydrogens is 500 g/mol. The van der Waals surface area contributed by atoms with Crippen LogP contribution >= 0.6 is 22.9 Å². The first-order valence-corrected chi connectivity index (χ1v) is 12.4. The lowest BCUT2D eigenvalue weighted by molar-refractivity contribution is -0.384. The van der Waals surface area contributed by atoms with Crippen molar-refractivity contribution in [1.29, 1.82) is 0 Å². The third kappa shape index (κ3) is 5.22. The van der Waals surface area contributed by atoms with Crippen LogP contribution in [0.5, 0.6) is 0 Å². The van der Waals surface area contributed by atoms with E-state index in [0.29, 0.717) is 22.0 Å².